The first-order valence-electron chi connectivity index (χ1n) is 7.75. The number of nitrogens with zero attached hydrogens (tertiary/aromatic N) is 2. The largest absolute Gasteiger partial charge is 0.503 e. The minimum atomic E-state index is -0.298. The Balaban J connectivity index is 2.30. The predicted molar refractivity (Wildman–Crippen MR) is 89.0 cm³/mol. The first kappa shape index (κ1) is 16.3. The van der Waals surface area contributed by atoms with Crippen molar-refractivity contribution in [3.05, 3.63) is 63.6 Å². The van der Waals surface area contributed by atoms with Crippen molar-refractivity contribution in [2.24, 2.45) is 0 Å². The van der Waals surface area contributed by atoms with Gasteiger partial charge in [0.1, 0.15) is 0 Å². The second-order valence-corrected chi connectivity index (χ2v) is 5.48. The molecule has 1 N–H and O–H groups in total. The molecule has 2 aromatic rings. The fraction of sp³-hybridized carbons (Fsp3) is 0.389. The van der Waals surface area contributed by atoms with Crippen LogP contribution in [0.2, 0.25) is 0 Å². The Kier molecular flexibility index (Phi) is 5.39. The van der Waals surface area contributed by atoms with E-state index in [2.05, 4.69) is 24.0 Å². The third kappa shape index (κ3) is 3.57. The minimum Gasteiger partial charge on any atom is -0.503 e. The number of hydrogen-bond donors (Lipinski definition) is 1. The molecule has 0 atom stereocenters. The number of aromatic hydroxyl groups is 1. The molecule has 1 aromatic carbocycles. The Morgan fingerprint density at radius 1 is 1.14 bits per heavy atom. The molecule has 0 aliphatic rings. The van der Waals surface area contributed by atoms with E-state index in [0.717, 1.165) is 25.3 Å². The van der Waals surface area contributed by atoms with Crippen LogP contribution in [0.15, 0.2) is 41.2 Å². The Hall–Kier alpha value is -2.07. The molecule has 0 saturated heterocycles. The molecular formula is C18H24N2O2. The van der Waals surface area contributed by atoms with Gasteiger partial charge in [0.2, 0.25) is 5.43 Å². The first-order chi connectivity index (χ1) is 10.6. The van der Waals surface area contributed by atoms with E-state index in [0.29, 0.717) is 12.2 Å². The molecule has 0 fully saturated rings. The normalized spacial score (nSPS) is 11.1. The van der Waals surface area contributed by atoms with Gasteiger partial charge in [-0.3, -0.25) is 9.69 Å². The summed E-state index contributed by atoms with van der Waals surface area (Å²) in [6, 6.07) is 11.7. The molecule has 0 bridgehead atoms. The van der Waals surface area contributed by atoms with Crippen molar-refractivity contribution < 1.29 is 5.11 Å². The van der Waals surface area contributed by atoms with Gasteiger partial charge < -0.3 is 9.67 Å². The van der Waals surface area contributed by atoms with E-state index in [1.807, 2.05) is 36.6 Å². The lowest BCUT2D eigenvalue weighted by Gasteiger charge is -2.24. The number of aryl methyl sites for hydroxylation is 1. The smallest absolute Gasteiger partial charge is 0.223 e. The van der Waals surface area contributed by atoms with Gasteiger partial charge in [0.15, 0.2) is 5.75 Å². The van der Waals surface area contributed by atoms with Crippen LogP contribution in [-0.4, -0.2) is 21.1 Å². The SMILES string of the molecule is CCN(Cc1ccccc1)Cc1c(O)c(=O)cc(C)n1CC. The molecule has 1 heterocycles. The highest BCUT2D eigenvalue weighted by molar-refractivity contribution is 5.30. The molecule has 2 rings (SSSR count). The highest BCUT2D eigenvalue weighted by Crippen LogP contribution is 2.18. The second kappa shape index (κ2) is 7.27. The third-order valence-electron chi connectivity index (χ3n) is 3.98. The van der Waals surface area contributed by atoms with Crippen LogP contribution in [0.3, 0.4) is 0 Å². The van der Waals surface area contributed by atoms with E-state index in [-0.39, 0.29) is 11.2 Å². The van der Waals surface area contributed by atoms with E-state index in [4.69, 9.17) is 0 Å². The quantitative estimate of drug-likeness (QED) is 0.892. The maximum Gasteiger partial charge on any atom is 0.223 e. The molecule has 118 valence electrons. The summed E-state index contributed by atoms with van der Waals surface area (Å²) in [5.41, 5.74) is 2.51. The van der Waals surface area contributed by atoms with Gasteiger partial charge in [-0.05, 0) is 26.0 Å². The van der Waals surface area contributed by atoms with Gasteiger partial charge in [0, 0.05) is 31.4 Å². The van der Waals surface area contributed by atoms with Crippen molar-refractivity contribution in [1.82, 2.24) is 9.47 Å². The van der Waals surface area contributed by atoms with Crippen molar-refractivity contribution in [2.45, 2.75) is 40.4 Å². The van der Waals surface area contributed by atoms with Crippen molar-refractivity contribution >= 4 is 0 Å². The lowest BCUT2D eigenvalue weighted by Crippen LogP contribution is -2.26. The van der Waals surface area contributed by atoms with Crippen molar-refractivity contribution in [3.63, 3.8) is 0 Å². The monoisotopic (exact) mass is 300 g/mol. The average Bonchev–Trinajstić information content (AvgIpc) is 2.52. The molecule has 4 nitrogen and oxygen atoms in total. The van der Waals surface area contributed by atoms with Gasteiger partial charge in [-0.25, -0.2) is 0 Å². The maximum absolute atomic E-state index is 11.9. The molecule has 1 aromatic heterocycles. The lowest BCUT2D eigenvalue weighted by atomic mass is 10.2. The van der Waals surface area contributed by atoms with Crippen LogP contribution in [-0.2, 0) is 19.6 Å². The summed E-state index contributed by atoms with van der Waals surface area (Å²) in [5, 5.41) is 10.2. The van der Waals surface area contributed by atoms with E-state index in [1.54, 1.807) is 0 Å². The predicted octanol–water partition coefficient (Wildman–Crippen LogP) is 2.90. The number of aromatic nitrogens is 1. The van der Waals surface area contributed by atoms with Crippen LogP contribution in [0.25, 0.3) is 0 Å². The molecule has 0 unspecified atom stereocenters. The summed E-state index contributed by atoms with van der Waals surface area (Å²) >= 11 is 0. The summed E-state index contributed by atoms with van der Waals surface area (Å²) in [6.45, 7) is 8.95. The molecule has 0 aliphatic carbocycles. The Morgan fingerprint density at radius 2 is 1.82 bits per heavy atom. The zero-order chi connectivity index (χ0) is 16.1. The highest BCUT2D eigenvalue weighted by Gasteiger charge is 2.15. The fourth-order valence-corrected chi connectivity index (χ4v) is 2.75. The maximum atomic E-state index is 11.9. The first-order valence-corrected chi connectivity index (χ1v) is 7.75. The molecule has 0 saturated carbocycles. The number of hydrogen-bond acceptors (Lipinski definition) is 3. The van der Waals surface area contributed by atoms with E-state index in [1.165, 1.54) is 11.6 Å². The Morgan fingerprint density at radius 3 is 2.41 bits per heavy atom. The third-order valence-corrected chi connectivity index (χ3v) is 3.98. The van der Waals surface area contributed by atoms with Crippen molar-refractivity contribution in [1.29, 1.82) is 0 Å². The number of pyridine rings is 1. The molecule has 0 amide bonds. The van der Waals surface area contributed by atoms with Crippen LogP contribution in [0.5, 0.6) is 5.75 Å². The van der Waals surface area contributed by atoms with Crippen LogP contribution in [0.1, 0.15) is 30.8 Å². The summed E-state index contributed by atoms with van der Waals surface area (Å²) in [5.74, 6) is -0.126. The summed E-state index contributed by atoms with van der Waals surface area (Å²) in [4.78, 5) is 14.1. The standard InChI is InChI=1S/C18H24N2O2/c1-4-19(12-15-9-7-6-8-10-15)13-16-18(22)17(21)11-14(3)20(16)5-2/h6-11,22H,4-5,12-13H2,1-3H3. The lowest BCUT2D eigenvalue weighted by molar-refractivity contribution is 0.257. The van der Waals surface area contributed by atoms with E-state index >= 15 is 0 Å². The van der Waals surface area contributed by atoms with Crippen LogP contribution in [0.4, 0.5) is 0 Å². The zero-order valence-electron chi connectivity index (χ0n) is 13.5. The fourth-order valence-electron chi connectivity index (χ4n) is 2.75. The van der Waals surface area contributed by atoms with Gasteiger partial charge in [0.05, 0.1) is 5.69 Å². The van der Waals surface area contributed by atoms with Crippen molar-refractivity contribution in [2.75, 3.05) is 6.54 Å². The van der Waals surface area contributed by atoms with E-state index in [9.17, 15) is 9.90 Å². The zero-order valence-corrected chi connectivity index (χ0v) is 13.5. The molecule has 0 aliphatic heterocycles. The Labute approximate surface area is 131 Å². The number of benzene rings is 1. The molecule has 0 spiro atoms. The molecular weight excluding hydrogens is 276 g/mol. The van der Waals surface area contributed by atoms with Crippen LogP contribution in [0, 0.1) is 6.92 Å². The van der Waals surface area contributed by atoms with Gasteiger partial charge in [-0.2, -0.15) is 0 Å². The van der Waals surface area contributed by atoms with Crippen LogP contribution < -0.4 is 5.43 Å². The molecule has 22 heavy (non-hydrogen) atoms. The summed E-state index contributed by atoms with van der Waals surface area (Å²) in [6.07, 6.45) is 0. The summed E-state index contributed by atoms with van der Waals surface area (Å²) < 4.78 is 2.00. The highest BCUT2D eigenvalue weighted by atomic mass is 16.3. The number of rotatable bonds is 6. The second-order valence-electron chi connectivity index (χ2n) is 5.48. The summed E-state index contributed by atoms with van der Waals surface area (Å²) in [7, 11) is 0. The Bertz CT molecular complexity index is 677. The minimum absolute atomic E-state index is 0.126. The van der Waals surface area contributed by atoms with Gasteiger partial charge in [-0.15, -0.1) is 0 Å². The molecule has 4 heteroatoms. The van der Waals surface area contributed by atoms with Crippen molar-refractivity contribution in [3.8, 4) is 5.75 Å². The molecule has 0 radical (unpaired) electrons. The van der Waals surface area contributed by atoms with E-state index < -0.39 is 0 Å². The average molecular weight is 300 g/mol. The van der Waals surface area contributed by atoms with Gasteiger partial charge in [0.25, 0.3) is 0 Å². The topological polar surface area (TPSA) is 45.5 Å². The van der Waals surface area contributed by atoms with Crippen LogP contribution >= 0.6 is 0 Å². The van der Waals surface area contributed by atoms with Gasteiger partial charge in [-0.1, -0.05) is 37.3 Å². The van der Waals surface area contributed by atoms with Gasteiger partial charge >= 0.3 is 0 Å².